The largest absolute Gasteiger partial charge is 0.478 e. The maximum atomic E-state index is 13.6. The molecule has 11 heteroatoms. The van der Waals surface area contributed by atoms with Gasteiger partial charge >= 0.3 is 6.18 Å². The van der Waals surface area contributed by atoms with Crippen molar-refractivity contribution in [3.05, 3.63) is 63.6 Å². The molecule has 0 aliphatic carbocycles. The number of rotatable bonds is 7. The van der Waals surface area contributed by atoms with E-state index in [0.717, 1.165) is 30.3 Å². The number of nitro benzene ring substituents is 1. The fourth-order valence-corrected chi connectivity index (χ4v) is 2.00. The van der Waals surface area contributed by atoms with Crippen LogP contribution in [-0.2, 0) is 6.18 Å². The number of carbonyl (C=O) groups excluding carboxylic acids is 1. The van der Waals surface area contributed by atoms with Crippen molar-refractivity contribution in [2.45, 2.75) is 12.6 Å². The van der Waals surface area contributed by atoms with E-state index in [2.05, 4.69) is 10.3 Å². The van der Waals surface area contributed by atoms with Crippen molar-refractivity contribution in [3.63, 3.8) is 0 Å². The SMILES string of the molecule is O=C(NCCCOc1cccc(C(F)(F)F)n1)c1cc([N+](=O)[O-])ccc1F. The van der Waals surface area contributed by atoms with Crippen molar-refractivity contribution in [2.75, 3.05) is 13.2 Å². The topological polar surface area (TPSA) is 94.4 Å². The number of carbonyl (C=O) groups is 1. The van der Waals surface area contributed by atoms with Gasteiger partial charge < -0.3 is 10.1 Å². The number of alkyl halides is 3. The van der Waals surface area contributed by atoms with Gasteiger partial charge in [0.1, 0.15) is 11.5 Å². The number of nitrogens with one attached hydrogen (secondary N) is 1. The van der Waals surface area contributed by atoms with Crippen LogP contribution >= 0.6 is 0 Å². The molecule has 0 unspecified atom stereocenters. The Kier molecular flexibility index (Phi) is 6.27. The van der Waals surface area contributed by atoms with E-state index in [9.17, 15) is 32.5 Å². The summed E-state index contributed by atoms with van der Waals surface area (Å²) >= 11 is 0. The molecule has 144 valence electrons. The second kappa shape index (κ2) is 8.43. The van der Waals surface area contributed by atoms with Crippen molar-refractivity contribution in [2.24, 2.45) is 0 Å². The average Bonchev–Trinajstić information content (AvgIpc) is 2.61. The van der Waals surface area contributed by atoms with Crippen LogP contribution in [0.4, 0.5) is 23.2 Å². The van der Waals surface area contributed by atoms with E-state index < -0.39 is 39.8 Å². The van der Waals surface area contributed by atoms with Gasteiger partial charge in [0.2, 0.25) is 5.88 Å². The molecule has 27 heavy (non-hydrogen) atoms. The van der Waals surface area contributed by atoms with Crippen LogP contribution in [0.15, 0.2) is 36.4 Å². The summed E-state index contributed by atoms with van der Waals surface area (Å²) in [4.78, 5) is 25.1. The van der Waals surface area contributed by atoms with Crippen LogP contribution < -0.4 is 10.1 Å². The number of aromatic nitrogens is 1. The predicted octanol–water partition coefficient (Wildman–Crippen LogP) is 3.35. The number of hydrogen-bond donors (Lipinski definition) is 1. The van der Waals surface area contributed by atoms with Crippen LogP contribution in [0.3, 0.4) is 0 Å². The van der Waals surface area contributed by atoms with Gasteiger partial charge in [0.15, 0.2) is 0 Å². The minimum Gasteiger partial charge on any atom is -0.478 e. The van der Waals surface area contributed by atoms with E-state index in [0.29, 0.717) is 0 Å². The molecule has 0 atom stereocenters. The number of nitrogens with zero attached hydrogens (tertiary/aromatic N) is 2. The number of benzene rings is 1. The maximum absolute atomic E-state index is 13.6. The van der Waals surface area contributed by atoms with Gasteiger partial charge in [-0.1, -0.05) is 6.07 Å². The van der Waals surface area contributed by atoms with Gasteiger partial charge in [-0.3, -0.25) is 14.9 Å². The molecule has 0 saturated carbocycles. The highest BCUT2D eigenvalue weighted by Crippen LogP contribution is 2.28. The van der Waals surface area contributed by atoms with E-state index in [4.69, 9.17) is 4.74 Å². The molecule has 2 aromatic rings. The Labute approximate surface area is 150 Å². The third-order valence-electron chi connectivity index (χ3n) is 3.28. The summed E-state index contributed by atoms with van der Waals surface area (Å²) in [6.07, 6.45) is -4.39. The van der Waals surface area contributed by atoms with Crippen molar-refractivity contribution < 1.29 is 32.0 Å². The fourth-order valence-electron chi connectivity index (χ4n) is 2.00. The summed E-state index contributed by atoms with van der Waals surface area (Å²) in [6.45, 7) is -0.0358. The van der Waals surface area contributed by atoms with Crippen LogP contribution in [0.1, 0.15) is 22.5 Å². The molecule has 1 aromatic heterocycles. The second-order valence-electron chi connectivity index (χ2n) is 5.24. The lowest BCUT2D eigenvalue weighted by Crippen LogP contribution is -2.26. The van der Waals surface area contributed by atoms with Crippen molar-refractivity contribution in [1.29, 1.82) is 0 Å². The number of pyridine rings is 1. The minimum absolute atomic E-state index is 0.0138. The smallest absolute Gasteiger partial charge is 0.433 e. The van der Waals surface area contributed by atoms with E-state index in [1.807, 2.05) is 0 Å². The normalized spacial score (nSPS) is 11.1. The quantitative estimate of drug-likeness (QED) is 0.340. The summed E-state index contributed by atoms with van der Waals surface area (Å²) < 4.78 is 56.3. The first kappa shape index (κ1) is 20.1. The third-order valence-corrected chi connectivity index (χ3v) is 3.28. The first-order valence-corrected chi connectivity index (χ1v) is 7.57. The van der Waals surface area contributed by atoms with Gasteiger partial charge in [-0.25, -0.2) is 9.37 Å². The molecule has 0 spiro atoms. The lowest BCUT2D eigenvalue weighted by atomic mass is 10.1. The van der Waals surface area contributed by atoms with Crippen LogP contribution in [0.5, 0.6) is 5.88 Å². The number of nitro groups is 1. The summed E-state index contributed by atoms with van der Waals surface area (Å²) in [7, 11) is 0. The zero-order valence-corrected chi connectivity index (χ0v) is 13.6. The van der Waals surface area contributed by atoms with Crippen molar-refractivity contribution in [1.82, 2.24) is 10.3 Å². The monoisotopic (exact) mass is 387 g/mol. The van der Waals surface area contributed by atoms with E-state index in [-0.39, 0.29) is 25.5 Å². The van der Waals surface area contributed by atoms with Crippen molar-refractivity contribution in [3.8, 4) is 5.88 Å². The molecule has 0 fully saturated rings. The zero-order valence-electron chi connectivity index (χ0n) is 13.6. The Hall–Kier alpha value is -3.24. The van der Waals surface area contributed by atoms with E-state index >= 15 is 0 Å². The molecule has 1 amide bonds. The van der Waals surface area contributed by atoms with Crippen LogP contribution in [-0.4, -0.2) is 29.0 Å². The Morgan fingerprint density at radius 3 is 2.67 bits per heavy atom. The molecular formula is C16H13F4N3O4. The summed E-state index contributed by atoms with van der Waals surface area (Å²) in [5.41, 5.74) is -2.00. The van der Waals surface area contributed by atoms with Gasteiger partial charge in [-0.2, -0.15) is 13.2 Å². The molecular weight excluding hydrogens is 374 g/mol. The number of halogens is 4. The first-order chi connectivity index (χ1) is 12.7. The molecule has 0 aliphatic heterocycles. The Balaban J connectivity index is 1.83. The predicted molar refractivity (Wildman–Crippen MR) is 84.7 cm³/mol. The van der Waals surface area contributed by atoms with Gasteiger partial charge in [-0.05, 0) is 18.6 Å². The second-order valence-corrected chi connectivity index (χ2v) is 5.24. The number of hydrogen-bond acceptors (Lipinski definition) is 5. The summed E-state index contributed by atoms with van der Waals surface area (Å²) in [6, 6.07) is 5.77. The molecule has 0 aliphatic rings. The van der Waals surface area contributed by atoms with Crippen LogP contribution in [0, 0.1) is 15.9 Å². The maximum Gasteiger partial charge on any atom is 0.433 e. The Morgan fingerprint density at radius 2 is 2.00 bits per heavy atom. The van der Waals surface area contributed by atoms with E-state index in [1.165, 1.54) is 6.07 Å². The van der Waals surface area contributed by atoms with Crippen molar-refractivity contribution >= 4 is 11.6 Å². The highest BCUT2D eigenvalue weighted by atomic mass is 19.4. The molecule has 7 nitrogen and oxygen atoms in total. The molecule has 1 aromatic carbocycles. The Morgan fingerprint density at radius 1 is 1.26 bits per heavy atom. The van der Waals surface area contributed by atoms with Gasteiger partial charge in [-0.15, -0.1) is 0 Å². The van der Waals surface area contributed by atoms with Gasteiger partial charge in [0.25, 0.3) is 11.6 Å². The van der Waals surface area contributed by atoms with Gasteiger partial charge in [0, 0.05) is 24.7 Å². The number of non-ortho nitro benzene ring substituents is 1. The highest BCUT2D eigenvalue weighted by Gasteiger charge is 2.32. The average molecular weight is 387 g/mol. The third kappa shape index (κ3) is 5.62. The molecule has 2 rings (SSSR count). The molecule has 1 N–H and O–H groups in total. The summed E-state index contributed by atoms with van der Waals surface area (Å²) in [5.74, 6) is -1.99. The number of amides is 1. The minimum atomic E-state index is -4.59. The van der Waals surface area contributed by atoms with Gasteiger partial charge in [0.05, 0.1) is 17.1 Å². The zero-order chi connectivity index (χ0) is 20.0. The number of ether oxygens (including phenoxy) is 1. The lowest BCUT2D eigenvalue weighted by Gasteiger charge is -2.09. The molecule has 0 saturated heterocycles. The molecule has 1 heterocycles. The lowest BCUT2D eigenvalue weighted by molar-refractivity contribution is -0.384. The van der Waals surface area contributed by atoms with Crippen LogP contribution in [0.2, 0.25) is 0 Å². The molecule has 0 radical (unpaired) electrons. The summed E-state index contributed by atoms with van der Waals surface area (Å²) in [5, 5.41) is 13.0. The Bertz CT molecular complexity index is 843. The molecule has 0 bridgehead atoms. The fraction of sp³-hybridized carbons (Fsp3) is 0.250. The first-order valence-electron chi connectivity index (χ1n) is 7.57. The standard InChI is InChI=1S/C16H13F4N3O4/c17-12-6-5-10(23(25)26)9-11(12)15(24)21-7-2-8-27-14-4-1-3-13(22-14)16(18,19)20/h1,3-6,9H,2,7-8H2,(H,21,24). The van der Waals surface area contributed by atoms with Crippen LogP contribution in [0.25, 0.3) is 0 Å². The highest BCUT2D eigenvalue weighted by molar-refractivity contribution is 5.95. The van der Waals surface area contributed by atoms with E-state index in [1.54, 1.807) is 0 Å².